The molecule has 1 saturated heterocycles. The molecular formula is C17H31Cl2N5O4. The van der Waals surface area contributed by atoms with Gasteiger partial charge in [-0.1, -0.05) is 5.21 Å². The quantitative estimate of drug-likeness (QED) is 0.570. The lowest BCUT2D eigenvalue weighted by molar-refractivity contribution is -0.129. The molecule has 1 aromatic heterocycles. The fourth-order valence-electron chi connectivity index (χ4n) is 4.02. The van der Waals surface area contributed by atoms with Gasteiger partial charge in [-0.15, -0.1) is 29.9 Å². The van der Waals surface area contributed by atoms with Crippen molar-refractivity contribution in [1.29, 1.82) is 0 Å². The Kier molecular flexibility index (Phi) is 10.1. The van der Waals surface area contributed by atoms with Crippen molar-refractivity contribution in [3.05, 3.63) is 11.9 Å². The summed E-state index contributed by atoms with van der Waals surface area (Å²) in [4.78, 5) is 13.3. The second-order valence-electron chi connectivity index (χ2n) is 7.40. The summed E-state index contributed by atoms with van der Waals surface area (Å²) in [5.74, 6) is 0.0254. The van der Waals surface area contributed by atoms with Gasteiger partial charge in [0, 0.05) is 51.7 Å². The minimum absolute atomic E-state index is 0. The highest BCUT2D eigenvalue weighted by atomic mass is 35.5. The molecule has 0 unspecified atom stereocenters. The second kappa shape index (κ2) is 11.3. The fourth-order valence-corrected chi connectivity index (χ4v) is 4.02. The van der Waals surface area contributed by atoms with E-state index in [1.54, 1.807) is 24.9 Å². The number of carbonyl (C=O) groups excluding carboxylic acids is 1. The van der Waals surface area contributed by atoms with Gasteiger partial charge in [0.2, 0.25) is 5.91 Å². The highest BCUT2D eigenvalue weighted by Crippen LogP contribution is 2.29. The van der Waals surface area contributed by atoms with E-state index in [4.69, 9.17) is 4.74 Å². The first-order valence-electron chi connectivity index (χ1n) is 9.23. The maximum atomic E-state index is 11.4. The third-order valence-electron chi connectivity index (χ3n) is 5.49. The Morgan fingerprint density at radius 1 is 1.29 bits per heavy atom. The molecule has 2 aliphatic rings. The van der Waals surface area contributed by atoms with Gasteiger partial charge in [-0.05, 0) is 19.3 Å². The van der Waals surface area contributed by atoms with Crippen LogP contribution >= 0.6 is 24.8 Å². The van der Waals surface area contributed by atoms with Crippen LogP contribution in [0.5, 0.6) is 0 Å². The molecule has 2 heterocycles. The zero-order chi connectivity index (χ0) is 18.7. The van der Waals surface area contributed by atoms with Crippen molar-refractivity contribution in [2.24, 2.45) is 5.92 Å². The van der Waals surface area contributed by atoms with Crippen LogP contribution in [0.3, 0.4) is 0 Å². The number of nitrogens with zero attached hydrogens (tertiary/aromatic N) is 4. The largest absolute Gasteiger partial charge is 0.390 e. The Morgan fingerprint density at radius 2 is 1.96 bits per heavy atom. The van der Waals surface area contributed by atoms with E-state index in [-0.39, 0.29) is 48.7 Å². The van der Waals surface area contributed by atoms with Gasteiger partial charge in [0.05, 0.1) is 25.0 Å². The van der Waals surface area contributed by atoms with Crippen LogP contribution in [-0.4, -0.2) is 80.5 Å². The summed E-state index contributed by atoms with van der Waals surface area (Å²) in [5, 5.41) is 32.4. The van der Waals surface area contributed by atoms with Crippen LogP contribution in [0.2, 0.25) is 0 Å². The molecule has 1 aliphatic carbocycles. The summed E-state index contributed by atoms with van der Waals surface area (Å²) >= 11 is 0. The average Bonchev–Trinajstić information content (AvgIpc) is 3.16. The smallest absolute Gasteiger partial charge is 0.219 e. The predicted octanol–water partition coefficient (Wildman–Crippen LogP) is -0.0211. The standard InChI is InChI=1S/C17H29N5O4.2ClH/c1-11(23)21-5-3-13(4-6-21)18-15-7-12(16(24)17(15)25)8-22-9-14(10-26-2)19-20-22;;/h9,12-13,15-18,24-25H,3-8,10H2,1-2H3;2*1H/t12-,15-,16-,17+;;/m1../s1. The van der Waals surface area contributed by atoms with Gasteiger partial charge in [-0.2, -0.15) is 0 Å². The number of hydrogen-bond donors (Lipinski definition) is 3. The van der Waals surface area contributed by atoms with Crippen LogP contribution in [0.15, 0.2) is 6.20 Å². The van der Waals surface area contributed by atoms with Gasteiger partial charge in [0.25, 0.3) is 0 Å². The second-order valence-corrected chi connectivity index (χ2v) is 7.40. The highest BCUT2D eigenvalue weighted by Gasteiger charge is 2.42. The topological polar surface area (TPSA) is 113 Å². The number of amides is 1. The number of aliphatic hydroxyl groups is 2. The summed E-state index contributed by atoms with van der Waals surface area (Å²) in [6, 6.07) is 0.113. The van der Waals surface area contributed by atoms with Crippen molar-refractivity contribution < 1.29 is 19.7 Å². The molecule has 0 aromatic carbocycles. The maximum absolute atomic E-state index is 11.4. The number of halogens is 2. The number of likely N-dealkylation sites (tertiary alicyclic amines) is 1. The Balaban J connectivity index is 0.00000196. The monoisotopic (exact) mass is 439 g/mol. The van der Waals surface area contributed by atoms with Crippen molar-refractivity contribution in [1.82, 2.24) is 25.2 Å². The zero-order valence-electron chi connectivity index (χ0n) is 16.2. The number of carbonyl (C=O) groups is 1. The van der Waals surface area contributed by atoms with Gasteiger partial charge in [0.15, 0.2) is 0 Å². The number of methoxy groups -OCH3 is 1. The molecule has 0 bridgehead atoms. The molecule has 1 aliphatic heterocycles. The molecule has 1 aromatic rings. The highest BCUT2D eigenvalue weighted by molar-refractivity contribution is 5.85. The third-order valence-corrected chi connectivity index (χ3v) is 5.49. The van der Waals surface area contributed by atoms with E-state index in [9.17, 15) is 15.0 Å². The lowest BCUT2D eigenvalue weighted by Crippen LogP contribution is -2.50. The van der Waals surface area contributed by atoms with E-state index >= 15 is 0 Å². The molecule has 11 heteroatoms. The molecule has 9 nitrogen and oxygen atoms in total. The van der Waals surface area contributed by atoms with Crippen molar-refractivity contribution >= 4 is 30.7 Å². The molecule has 3 rings (SSSR count). The van der Waals surface area contributed by atoms with Crippen molar-refractivity contribution in [2.75, 3.05) is 20.2 Å². The SMILES string of the molecule is COCc1cn(C[C@H]2C[C@@H](NC3CCN(C(C)=O)CC3)[C@H](O)[C@@H]2O)nn1.Cl.Cl. The van der Waals surface area contributed by atoms with Crippen molar-refractivity contribution in [3.63, 3.8) is 0 Å². The van der Waals surface area contributed by atoms with Crippen LogP contribution in [0, 0.1) is 5.92 Å². The summed E-state index contributed by atoms with van der Waals surface area (Å²) in [6.07, 6.45) is 2.63. The number of rotatable bonds is 6. The van der Waals surface area contributed by atoms with E-state index in [0.717, 1.165) is 31.6 Å². The third kappa shape index (κ3) is 6.01. The Morgan fingerprint density at radius 3 is 2.57 bits per heavy atom. The normalized spacial score (nSPS) is 27.9. The minimum Gasteiger partial charge on any atom is -0.390 e. The van der Waals surface area contributed by atoms with E-state index in [1.807, 2.05) is 4.90 Å². The number of nitrogens with one attached hydrogen (secondary N) is 1. The maximum Gasteiger partial charge on any atom is 0.219 e. The van der Waals surface area contributed by atoms with E-state index in [2.05, 4.69) is 15.6 Å². The van der Waals surface area contributed by atoms with Gasteiger partial charge in [0.1, 0.15) is 5.69 Å². The number of aromatic nitrogens is 3. The number of aliphatic hydroxyl groups excluding tert-OH is 2. The fraction of sp³-hybridized carbons (Fsp3) is 0.824. The van der Waals surface area contributed by atoms with E-state index in [0.29, 0.717) is 19.6 Å². The summed E-state index contributed by atoms with van der Waals surface area (Å²) in [6.45, 7) is 3.98. The lowest BCUT2D eigenvalue weighted by atomic mass is 10.0. The van der Waals surface area contributed by atoms with E-state index < -0.39 is 12.2 Å². The molecule has 0 radical (unpaired) electrons. The van der Waals surface area contributed by atoms with Crippen molar-refractivity contribution in [3.8, 4) is 0 Å². The van der Waals surface area contributed by atoms with Gasteiger partial charge < -0.3 is 25.2 Å². The Bertz CT molecular complexity index is 612. The van der Waals surface area contributed by atoms with E-state index in [1.165, 1.54) is 0 Å². The minimum atomic E-state index is -0.798. The van der Waals surface area contributed by atoms with Crippen molar-refractivity contribution in [2.45, 2.75) is 63.6 Å². The van der Waals surface area contributed by atoms with Crippen LogP contribution in [0.25, 0.3) is 0 Å². The molecule has 3 N–H and O–H groups in total. The molecule has 4 atom stereocenters. The molecule has 162 valence electrons. The van der Waals surface area contributed by atoms with Gasteiger partial charge >= 0.3 is 0 Å². The van der Waals surface area contributed by atoms with Crippen LogP contribution in [-0.2, 0) is 22.7 Å². The molecule has 28 heavy (non-hydrogen) atoms. The predicted molar refractivity (Wildman–Crippen MR) is 108 cm³/mol. The average molecular weight is 440 g/mol. The first-order chi connectivity index (χ1) is 12.5. The first kappa shape index (κ1) is 25.1. The number of ether oxygens (including phenoxy) is 1. The molecule has 2 fully saturated rings. The summed E-state index contributed by atoms with van der Waals surface area (Å²) < 4.78 is 6.73. The zero-order valence-corrected chi connectivity index (χ0v) is 17.9. The number of hydrogen-bond acceptors (Lipinski definition) is 7. The lowest BCUT2D eigenvalue weighted by Gasteiger charge is -2.34. The first-order valence-corrected chi connectivity index (χ1v) is 9.23. The molecular weight excluding hydrogens is 409 g/mol. The van der Waals surface area contributed by atoms with Gasteiger partial charge in [-0.3, -0.25) is 9.48 Å². The van der Waals surface area contributed by atoms with Gasteiger partial charge in [-0.25, -0.2) is 0 Å². The Labute approximate surface area is 177 Å². The molecule has 0 spiro atoms. The Hall–Kier alpha value is -0.970. The summed E-state index contributed by atoms with van der Waals surface area (Å²) in [5.41, 5.74) is 0.743. The summed E-state index contributed by atoms with van der Waals surface area (Å²) in [7, 11) is 1.60. The van der Waals surface area contributed by atoms with Crippen LogP contribution < -0.4 is 5.32 Å². The van der Waals surface area contributed by atoms with Crippen LogP contribution in [0.4, 0.5) is 0 Å². The van der Waals surface area contributed by atoms with Crippen LogP contribution in [0.1, 0.15) is 31.9 Å². The number of piperidine rings is 1. The molecule has 1 amide bonds. The molecule has 1 saturated carbocycles.